The number of ether oxygens (including phenoxy) is 4. The second-order valence-corrected chi connectivity index (χ2v) is 6.38. The molecule has 158 valence electrons. The first-order chi connectivity index (χ1) is 14.2. The summed E-state index contributed by atoms with van der Waals surface area (Å²) in [7, 11) is 0. The minimum absolute atomic E-state index is 0.0497. The second-order valence-electron chi connectivity index (χ2n) is 6.38. The Bertz CT molecular complexity index is 1050. The monoisotopic (exact) mass is 418 g/mol. The van der Waals surface area contributed by atoms with Crippen LogP contribution in [0.5, 0.6) is 0 Å². The number of nitrogen functional groups attached to an aromatic ring is 1. The van der Waals surface area contributed by atoms with Gasteiger partial charge in [-0.05, 0) is 0 Å². The number of esters is 3. The van der Waals surface area contributed by atoms with E-state index in [0.717, 1.165) is 0 Å². The maximum Gasteiger partial charge on any atom is 0.303 e. The SMILES string of the molecule is CC(=O)OC[C@H]1O[C@@H](n2cnc3c(C#N)nc(N)nc32)[C@H](OC(C)=O)[C@@H]1OC(C)=O. The zero-order valence-corrected chi connectivity index (χ0v) is 16.3. The number of imidazole rings is 1. The number of carbonyl (C=O) groups excluding carboxylic acids is 3. The van der Waals surface area contributed by atoms with Crippen LogP contribution in [-0.2, 0) is 33.3 Å². The third-order valence-corrected chi connectivity index (χ3v) is 4.16. The zero-order valence-electron chi connectivity index (χ0n) is 16.3. The molecule has 0 aliphatic carbocycles. The maximum absolute atomic E-state index is 11.7. The van der Waals surface area contributed by atoms with Crippen molar-refractivity contribution in [2.45, 2.75) is 45.3 Å². The van der Waals surface area contributed by atoms with Crippen LogP contribution in [0.2, 0.25) is 0 Å². The van der Waals surface area contributed by atoms with E-state index >= 15 is 0 Å². The molecule has 0 saturated carbocycles. The van der Waals surface area contributed by atoms with Crippen LogP contribution in [0.3, 0.4) is 0 Å². The Kier molecular flexibility index (Phi) is 5.79. The molecule has 0 unspecified atom stereocenters. The van der Waals surface area contributed by atoms with Crippen molar-refractivity contribution in [3.8, 4) is 6.07 Å². The van der Waals surface area contributed by atoms with Gasteiger partial charge >= 0.3 is 17.9 Å². The molecule has 13 nitrogen and oxygen atoms in total. The highest BCUT2D eigenvalue weighted by Crippen LogP contribution is 2.36. The Balaban J connectivity index is 2.07. The van der Waals surface area contributed by atoms with E-state index in [1.807, 2.05) is 6.07 Å². The number of hydrogen-bond donors (Lipinski definition) is 1. The molecule has 1 aliphatic heterocycles. The third-order valence-electron chi connectivity index (χ3n) is 4.16. The molecule has 0 bridgehead atoms. The van der Waals surface area contributed by atoms with Gasteiger partial charge in [0, 0.05) is 20.8 Å². The first-order valence-corrected chi connectivity index (χ1v) is 8.74. The van der Waals surface area contributed by atoms with Crippen LogP contribution in [-0.4, -0.2) is 62.3 Å². The van der Waals surface area contributed by atoms with E-state index in [0.29, 0.717) is 0 Å². The van der Waals surface area contributed by atoms with E-state index in [9.17, 15) is 19.6 Å². The average Bonchev–Trinajstić information content (AvgIpc) is 3.20. The van der Waals surface area contributed by atoms with Crippen LogP contribution in [0, 0.1) is 11.3 Å². The van der Waals surface area contributed by atoms with Gasteiger partial charge in [0.15, 0.2) is 29.8 Å². The number of hydrogen-bond acceptors (Lipinski definition) is 12. The minimum Gasteiger partial charge on any atom is -0.463 e. The lowest BCUT2D eigenvalue weighted by Gasteiger charge is -2.23. The number of aromatic nitrogens is 4. The molecule has 2 N–H and O–H groups in total. The molecule has 1 fully saturated rings. The van der Waals surface area contributed by atoms with Gasteiger partial charge in [-0.25, -0.2) is 4.98 Å². The summed E-state index contributed by atoms with van der Waals surface area (Å²) in [5.74, 6) is -2.05. The number of anilines is 1. The molecular formula is C17H18N6O7. The van der Waals surface area contributed by atoms with Crippen molar-refractivity contribution in [3.63, 3.8) is 0 Å². The van der Waals surface area contributed by atoms with Crippen molar-refractivity contribution < 1.29 is 33.3 Å². The number of carbonyl (C=O) groups is 3. The maximum atomic E-state index is 11.7. The van der Waals surface area contributed by atoms with E-state index in [2.05, 4.69) is 15.0 Å². The Hall–Kier alpha value is -3.79. The van der Waals surface area contributed by atoms with Gasteiger partial charge in [-0.15, -0.1) is 0 Å². The number of nitriles is 1. The highest BCUT2D eigenvalue weighted by atomic mass is 16.7. The molecule has 0 radical (unpaired) electrons. The van der Waals surface area contributed by atoms with Crippen LogP contribution in [0.15, 0.2) is 6.33 Å². The van der Waals surface area contributed by atoms with Gasteiger partial charge in [0.25, 0.3) is 0 Å². The molecule has 3 heterocycles. The summed E-state index contributed by atoms with van der Waals surface area (Å²) in [5, 5.41) is 9.26. The van der Waals surface area contributed by atoms with E-state index < -0.39 is 42.4 Å². The van der Waals surface area contributed by atoms with E-state index in [-0.39, 0.29) is 29.4 Å². The van der Waals surface area contributed by atoms with Crippen molar-refractivity contribution in [3.05, 3.63) is 12.0 Å². The van der Waals surface area contributed by atoms with Gasteiger partial charge in [0.05, 0.1) is 6.33 Å². The summed E-state index contributed by atoms with van der Waals surface area (Å²) < 4.78 is 22.9. The molecule has 13 heteroatoms. The van der Waals surface area contributed by atoms with Crippen molar-refractivity contribution in [1.29, 1.82) is 5.26 Å². The van der Waals surface area contributed by atoms with Gasteiger partial charge < -0.3 is 24.7 Å². The van der Waals surface area contributed by atoms with Crippen LogP contribution in [0.25, 0.3) is 11.2 Å². The fraction of sp³-hybridized carbons (Fsp3) is 0.471. The Morgan fingerprint density at radius 3 is 2.43 bits per heavy atom. The predicted molar refractivity (Wildman–Crippen MR) is 96.1 cm³/mol. The molecule has 4 atom stereocenters. The third kappa shape index (κ3) is 4.13. The molecular weight excluding hydrogens is 400 g/mol. The molecule has 0 amide bonds. The summed E-state index contributed by atoms with van der Waals surface area (Å²) in [5.41, 5.74) is 5.93. The van der Waals surface area contributed by atoms with Gasteiger partial charge in [-0.2, -0.15) is 15.2 Å². The molecule has 30 heavy (non-hydrogen) atoms. The standard InChI is InChI=1S/C17H18N6O7/c1-7(24)27-5-11-13(28-8(2)25)14(29-9(3)26)16(30-11)23-6-20-12-10(4-18)21-17(19)22-15(12)23/h6,11,13-14,16H,5H2,1-3H3,(H2,19,21,22)/t11-,13-,14-,16-/m1/s1. The Labute approximate surface area is 169 Å². The Morgan fingerprint density at radius 2 is 1.83 bits per heavy atom. The molecule has 3 rings (SSSR count). The molecule has 0 spiro atoms. The summed E-state index contributed by atoms with van der Waals surface area (Å²) in [6, 6.07) is 1.87. The average molecular weight is 418 g/mol. The number of nitrogens with two attached hydrogens (primary N) is 1. The predicted octanol–water partition coefficient (Wildman–Crippen LogP) is -0.396. The summed E-state index contributed by atoms with van der Waals surface area (Å²) in [4.78, 5) is 46.6. The van der Waals surface area contributed by atoms with E-state index in [1.165, 1.54) is 31.7 Å². The van der Waals surface area contributed by atoms with Gasteiger partial charge in [0.2, 0.25) is 5.95 Å². The lowest BCUT2D eigenvalue weighted by Crippen LogP contribution is -2.40. The summed E-state index contributed by atoms with van der Waals surface area (Å²) in [6.45, 7) is 3.32. The van der Waals surface area contributed by atoms with Gasteiger partial charge in [-0.1, -0.05) is 0 Å². The van der Waals surface area contributed by atoms with Crippen molar-refractivity contribution in [2.75, 3.05) is 12.3 Å². The molecule has 1 saturated heterocycles. The fourth-order valence-electron chi connectivity index (χ4n) is 3.11. The molecule has 2 aromatic heterocycles. The van der Waals surface area contributed by atoms with E-state index in [1.54, 1.807) is 0 Å². The lowest BCUT2D eigenvalue weighted by atomic mass is 10.1. The second kappa shape index (κ2) is 8.29. The number of fused-ring (bicyclic) bond motifs is 1. The molecule has 1 aliphatic rings. The lowest BCUT2D eigenvalue weighted by molar-refractivity contribution is -0.166. The highest BCUT2D eigenvalue weighted by molar-refractivity contribution is 5.77. The molecule has 0 aromatic carbocycles. The first-order valence-electron chi connectivity index (χ1n) is 8.74. The normalized spacial score (nSPS) is 23.0. The largest absolute Gasteiger partial charge is 0.463 e. The van der Waals surface area contributed by atoms with E-state index in [4.69, 9.17) is 24.7 Å². The number of rotatable bonds is 5. The van der Waals surface area contributed by atoms with Crippen LogP contribution < -0.4 is 5.73 Å². The topological polar surface area (TPSA) is 182 Å². The number of nitrogens with zero attached hydrogens (tertiary/aromatic N) is 5. The van der Waals surface area contributed by atoms with Crippen molar-refractivity contribution >= 4 is 35.0 Å². The van der Waals surface area contributed by atoms with Gasteiger partial charge in [0.1, 0.15) is 24.3 Å². The highest BCUT2D eigenvalue weighted by Gasteiger charge is 2.51. The van der Waals surface area contributed by atoms with Crippen LogP contribution in [0.4, 0.5) is 5.95 Å². The fourth-order valence-corrected chi connectivity index (χ4v) is 3.11. The van der Waals surface area contributed by atoms with Gasteiger partial charge in [-0.3, -0.25) is 19.0 Å². The van der Waals surface area contributed by atoms with Crippen molar-refractivity contribution in [1.82, 2.24) is 19.5 Å². The first kappa shape index (κ1) is 20.9. The molecule has 2 aromatic rings. The quantitative estimate of drug-likeness (QED) is 0.491. The van der Waals surface area contributed by atoms with Crippen LogP contribution in [0.1, 0.15) is 32.7 Å². The van der Waals surface area contributed by atoms with Crippen molar-refractivity contribution in [2.24, 2.45) is 0 Å². The summed E-state index contributed by atoms with van der Waals surface area (Å²) in [6.07, 6.45) is -2.91. The summed E-state index contributed by atoms with van der Waals surface area (Å²) >= 11 is 0. The smallest absolute Gasteiger partial charge is 0.303 e. The van der Waals surface area contributed by atoms with Crippen LogP contribution >= 0.6 is 0 Å². The minimum atomic E-state index is -1.12. The zero-order chi connectivity index (χ0) is 22.0. The Morgan fingerprint density at radius 1 is 1.17 bits per heavy atom.